The monoisotopic (exact) mass is 395 g/mol. The van der Waals surface area contributed by atoms with Crippen molar-refractivity contribution < 1.29 is 18.9 Å². The molecule has 0 spiro atoms. The number of amidine groups is 1. The topological polar surface area (TPSA) is 76.3 Å². The molecule has 29 heavy (non-hydrogen) atoms. The van der Waals surface area contributed by atoms with Crippen molar-refractivity contribution in [2.45, 2.75) is 19.9 Å². The van der Waals surface area contributed by atoms with Gasteiger partial charge in [0.1, 0.15) is 11.9 Å². The highest BCUT2D eigenvalue weighted by atomic mass is 16.5. The van der Waals surface area contributed by atoms with Crippen LogP contribution in [0.25, 0.3) is 0 Å². The first-order chi connectivity index (χ1) is 14.0. The molecule has 0 aliphatic carbocycles. The summed E-state index contributed by atoms with van der Waals surface area (Å²) in [6, 6.07) is 9.62. The molecule has 152 valence electrons. The molecule has 0 saturated carbocycles. The van der Waals surface area contributed by atoms with Gasteiger partial charge in [-0.3, -0.25) is 0 Å². The van der Waals surface area contributed by atoms with Gasteiger partial charge in [-0.15, -0.1) is 0 Å². The lowest BCUT2D eigenvalue weighted by Gasteiger charge is -2.31. The summed E-state index contributed by atoms with van der Waals surface area (Å²) in [5.74, 6) is 3.34. The third kappa shape index (κ3) is 4.06. The molecular formula is C22H25N3O4. The normalized spacial score (nSPS) is 13.4. The number of hydrogen-bond donors (Lipinski definition) is 0. The van der Waals surface area contributed by atoms with E-state index in [4.69, 9.17) is 23.9 Å². The van der Waals surface area contributed by atoms with E-state index in [1.807, 2.05) is 19.1 Å². The molecule has 0 N–H and O–H groups in total. The van der Waals surface area contributed by atoms with Gasteiger partial charge in [-0.25, -0.2) is 4.99 Å². The molecule has 0 amide bonds. The predicted molar refractivity (Wildman–Crippen MR) is 111 cm³/mol. The molecule has 0 radical (unpaired) electrons. The van der Waals surface area contributed by atoms with Crippen LogP contribution in [0.4, 0.5) is 5.69 Å². The van der Waals surface area contributed by atoms with Crippen LogP contribution >= 0.6 is 0 Å². The minimum absolute atomic E-state index is 0.436. The highest BCUT2D eigenvalue weighted by molar-refractivity contribution is 5.84. The highest BCUT2D eigenvalue weighted by Gasteiger charge is 2.21. The van der Waals surface area contributed by atoms with E-state index in [9.17, 15) is 5.26 Å². The molecule has 0 atom stereocenters. The maximum absolute atomic E-state index is 9.51. The van der Waals surface area contributed by atoms with Crippen molar-refractivity contribution in [3.63, 3.8) is 0 Å². The van der Waals surface area contributed by atoms with E-state index in [0.29, 0.717) is 35.0 Å². The summed E-state index contributed by atoms with van der Waals surface area (Å²) in [6.45, 7) is 3.48. The molecule has 0 aromatic heterocycles. The van der Waals surface area contributed by atoms with Gasteiger partial charge in [0.15, 0.2) is 23.0 Å². The zero-order chi connectivity index (χ0) is 21.0. The lowest BCUT2D eigenvalue weighted by atomic mass is 9.98. The smallest absolute Gasteiger partial charge is 0.162 e. The Morgan fingerprint density at radius 2 is 1.45 bits per heavy atom. The second-order valence-electron chi connectivity index (χ2n) is 6.64. The summed E-state index contributed by atoms with van der Waals surface area (Å²) in [7, 11) is 6.39. The van der Waals surface area contributed by atoms with E-state index >= 15 is 0 Å². The quantitative estimate of drug-likeness (QED) is 0.568. The average Bonchev–Trinajstić information content (AvgIpc) is 2.77. The van der Waals surface area contributed by atoms with Crippen molar-refractivity contribution in [1.29, 1.82) is 5.26 Å². The number of benzene rings is 2. The van der Waals surface area contributed by atoms with Gasteiger partial charge < -0.3 is 23.8 Å². The van der Waals surface area contributed by atoms with E-state index in [1.54, 1.807) is 40.6 Å². The molecule has 1 aliphatic rings. The number of nitriles is 1. The Labute approximate surface area is 171 Å². The third-order valence-electron chi connectivity index (χ3n) is 5.08. The van der Waals surface area contributed by atoms with E-state index in [1.165, 1.54) is 11.1 Å². The first-order valence-electron chi connectivity index (χ1n) is 9.24. The summed E-state index contributed by atoms with van der Waals surface area (Å²) in [6.07, 6.45) is 0.875. The molecular weight excluding hydrogens is 370 g/mol. The molecule has 0 unspecified atom stereocenters. The predicted octanol–water partition coefficient (Wildman–Crippen LogP) is 3.70. The van der Waals surface area contributed by atoms with Gasteiger partial charge in [0.2, 0.25) is 0 Å². The van der Waals surface area contributed by atoms with E-state index < -0.39 is 0 Å². The Hall–Kier alpha value is -3.40. The molecule has 7 nitrogen and oxygen atoms in total. The van der Waals surface area contributed by atoms with Crippen LogP contribution in [0.3, 0.4) is 0 Å². The molecule has 2 aromatic carbocycles. The van der Waals surface area contributed by atoms with Crippen LogP contribution in [-0.4, -0.2) is 45.7 Å². The third-order valence-corrected chi connectivity index (χ3v) is 5.08. The Bertz CT molecular complexity index is 979. The molecule has 3 rings (SSSR count). The number of methoxy groups -OCH3 is 4. The Morgan fingerprint density at radius 3 is 2.03 bits per heavy atom. The Morgan fingerprint density at radius 1 is 0.897 bits per heavy atom. The van der Waals surface area contributed by atoms with Crippen molar-refractivity contribution in [3.8, 4) is 29.1 Å². The van der Waals surface area contributed by atoms with Gasteiger partial charge in [0.25, 0.3) is 0 Å². The molecule has 1 aliphatic heterocycles. The van der Waals surface area contributed by atoms with Crippen molar-refractivity contribution >= 4 is 11.5 Å². The minimum Gasteiger partial charge on any atom is -0.493 e. The van der Waals surface area contributed by atoms with Crippen molar-refractivity contribution in [2.75, 3.05) is 35.0 Å². The lowest BCUT2D eigenvalue weighted by Crippen LogP contribution is -2.34. The molecule has 7 heteroatoms. The summed E-state index contributed by atoms with van der Waals surface area (Å²) in [5.41, 5.74) is 3.42. The number of nitrogens with zero attached hydrogens (tertiary/aromatic N) is 3. The van der Waals surface area contributed by atoms with E-state index in [-0.39, 0.29) is 0 Å². The molecule has 2 aromatic rings. The van der Waals surface area contributed by atoms with Gasteiger partial charge in [-0.2, -0.15) is 5.26 Å². The zero-order valence-corrected chi connectivity index (χ0v) is 17.4. The van der Waals surface area contributed by atoms with Crippen LogP contribution in [0.15, 0.2) is 29.3 Å². The van der Waals surface area contributed by atoms with Crippen LogP contribution in [0, 0.1) is 11.3 Å². The first kappa shape index (κ1) is 20.3. The van der Waals surface area contributed by atoms with Crippen molar-refractivity contribution in [3.05, 3.63) is 41.0 Å². The maximum atomic E-state index is 9.51. The molecule has 1 heterocycles. The number of hydrogen-bond acceptors (Lipinski definition) is 6. The summed E-state index contributed by atoms with van der Waals surface area (Å²) < 4.78 is 21.5. The van der Waals surface area contributed by atoms with Crippen LogP contribution in [0.1, 0.15) is 23.6 Å². The maximum Gasteiger partial charge on any atom is 0.162 e. The van der Waals surface area contributed by atoms with Crippen LogP contribution < -0.4 is 18.9 Å². The minimum atomic E-state index is 0.436. The molecule has 0 bridgehead atoms. The van der Waals surface area contributed by atoms with Crippen molar-refractivity contribution in [1.82, 2.24) is 4.90 Å². The standard InChI is InChI=1S/C22H25N3O4/c1-14(24-18-11-22(29-5)20(27-3)9-16(18)12-23)25-7-6-15-8-19(26-2)21(28-4)10-17(15)13-25/h8-11H,6-7,13H2,1-5H3/b24-14+. The summed E-state index contributed by atoms with van der Waals surface area (Å²) in [5, 5.41) is 9.51. The number of aliphatic imine (C=N–C) groups is 1. The number of fused-ring (bicyclic) bond motifs is 1. The largest absolute Gasteiger partial charge is 0.493 e. The van der Waals surface area contributed by atoms with Crippen molar-refractivity contribution in [2.24, 2.45) is 4.99 Å². The first-order valence-corrected chi connectivity index (χ1v) is 9.24. The fourth-order valence-corrected chi connectivity index (χ4v) is 3.45. The van der Waals surface area contributed by atoms with Gasteiger partial charge in [0.05, 0.1) is 39.7 Å². The summed E-state index contributed by atoms with van der Waals surface area (Å²) in [4.78, 5) is 6.90. The van der Waals surface area contributed by atoms with Gasteiger partial charge in [-0.05, 0) is 36.6 Å². The highest BCUT2D eigenvalue weighted by Crippen LogP contribution is 2.36. The Balaban J connectivity index is 1.91. The van der Waals surface area contributed by atoms with Gasteiger partial charge in [0, 0.05) is 25.2 Å². The fraction of sp³-hybridized carbons (Fsp3) is 0.364. The zero-order valence-electron chi connectivity index (χ0n) is 17.4. The van der Waals surface area contributed by atoms with E-state index in [2.05, 4.69) is 11.0 Å². The second kappa shape index (κ2) is 8.74. The van der Waals surface area contributed by atoms with Crippen LogP contribution in [-0.2, 0) is 13.0 Å². The van der Waals surface area contributed by atoms with Gasteiger partial charge in [-0.1, -0.05) is 0 Å². The lowest BCUT2D eigenvalue weighted by molar-refractivity contribution is 0.347. The Kier molecular flexibility index (Phi) is 6.13. The second-order valence-corrected chi connectivity index (χ2v) is 6.64. The molecule has 0 fully saturated rings. The van der Waals surface area contributed by atoms with Crippen LogP contribution in [0.5, 0.6) is 23.0 Å². The van der Waals surface area contributed by atoms with Gasteiger partial charge >= 0.3 is 0 Å². The fourth-order valence-electron chi connectivity index (χ4n) is 3.45. The SMILES string of the molecule is COc1cc(C#N)c(/N=C(\C)N2CCc3cc(OC)c(OC)cc3C2)cc1OC. The van der Waals surface area contributed by atoms with Crippen LogP contribution in [0.2, 0.25) is 0 Å². The van der Waals surface area contributed by atoms with E-state index in [0.717, 1.165) is 24.6 Å². The average molecular weight is 395 g/mol. The number of ether oxygens (including phenoxy) is 4. The summed E-state index contributed by atoms with van der Waals surface area (Å²) >= 11 is 0. The number of rotatable bonds is 5. The molecule has 0 saturated heterocycles.